The summed E-state index contributed by atoms with van der Waals surface area (Å²) in [6, 6.07) is 21.1. The SMILES string of the molecule is Cc1cccc(-c2ccc3sc(CC(=O)NCc4cccc(C(=O)O)c4)nc3c2)c1. The van der Waals surface area contributed by atoms with Gasteiger partial charge >= 0.3 is 5.97 Å². The topological polar surface area (TPSA) is 79.3 Å². The second-order valence-corrected chi connectivity index (χ2v) is 8.23. The lowest BCUT2D eigenvalue weighted by Gasteiger charge is -2.05. The van der Waals surface area contributed by atoms with Gasteiger partial charge in [0.05, 0.1) is 22.2 Å². The number of nitrogens with zero attached hydrogens (tertiary/aromatic N) is 1. The highest BCUT2D eigenvalue weighted by Crippen LogP contribution is 2.28. The molecule has 0 saturated heterocycles. The van der Waals surface area contributed by atoms with Gasteiger partial charge in [-0.05, 0) is 47.9 Å². The number of aromatic carboxylic acids is 1. The van der Waals surface area contributed by atoms with E-state index in [-0.39, 0.29) is 24.4 Å². The number of benzene rings is 3. The Balaban J connectivity index is 1.44. The van der Waals surface area contributed by atoms with E-state index in [1.165, 1.54) is 23.0 Å². The molecule has 1 amide bonds. The molecule has 30 heavy (non-hydrogen) atoms. The van der Waals surface area contributed by atoms with E-state index in [0.717, 1.165) is 31.9 Å². The Labute approximate surface area is 178 Å². The second kappa shape index (κ2) is 8.47. The van der Waals surface area contributed by atoms with Crippen molar-refractivity contribution in [2.24, 2.45) is 0 Å². The van der Waals surface area contributed by atoms with Gasteiger partial charge < -0.3 is 10.4 Å². The third-order valence-electron chi connectivity index (χ3n) is 4.76. The first kappa shape index (κ1) is 19.8. The van der Waals surface area contributed by atoms with Crippen LogP contribution in [0.1, 0.15) is 26.5 Å². The lowest BCUT2D eigenvalue weighted by molar-refractivity contribution is -0.120. The molecule has 150 valence electrons. The fourth-order valence-electron chi connectivity index (χ4n) is 3.27. The van der Waals surface area contributed by atoms with Gasteiger partial charge in [0.2, 0.25) is 5.91 Å². The maximum atomic E-state index is 12.3. The zero-order valence-corrected chi connectivity index (χ0v) is 17.2. The van der Waals surface area contributed by atoms with E-state index in [0.29, 0.717) is 0 Å². The molecule has 0 unspecified atom stereocenters. The summed E-state index contributed by atoms with van der Waals surface area (Å²) < 4.78 is 1.04. The Morgan fingerprint density at radius 1 is 1.00 bits per heavy atom. The summed E-state index contributed by atoms with van der Waals surface area (Å²) in [5.41, 5.74) is 5.29. The van der Waals surface area contributed by atoms with Crippen molar-refractivity contribution in [2.75, 3.05) is 0 Å². The summed E-state index contributed by atoms with van der Waals surface area (Å²) in [5.74, 6) is -1.13. The Kier molecular flexibility index (Phi) is 5.59. The van der Waals surface area contributed by atoms with Gasteiger partial charge in [-0.1, -0.05) is 48.0 Å². The summed E-state index contributed by atoms with van der Waals surface area (Å²) in [4.78, 5) is 28.0. The smallest absolute Gasteiger partial charge is 0.335 e. The van der Waals surface area contributed by atoms with Crippen LogP contribution in [0.25, 0.3) is 21.3 Å². The number of aryl methyl sites for hydroxylation is 1. The highest BCUT2D eigenvalue weighted by atomic mass is 32.1. The predicted octanol–water partition coefficient (Wildman–Crippen LogP) is 4.83. The van der Waals surface area contributed by atoms with Crippen LogP contribution in [-0.2, 0) is 17.8 Å². The van der Waals surface area contributed by atoms with Crippen molar-refractivity contribution in [1.29, 1.82) is 0 Å². The molecule has 6 heteroatoms. The van der Waals surface area contributed by atoms with Crippen LogP contribution in [0.2, 0.25) is 0 Å². The molecular formula is C24H20N2O3S. The zero-order chi connectivity index (χ0) is 21.1. The Hall–Kier alpha value is -3.51. The van der Waals surface area contributed by atoms with Crippen LogP contribution < -0.4 is 5.32 Å². The number of thiazole rings is 1. The highest BCUT2D eigenvalue weighted by molar-refractivity contribution is 7.18. The maximum absolute atomic E-state index is 12.3. The number of carbonyl (C=O) groups excluding carboxylic acids is 1. The molecule has 0 atom stereocenters. The number of hydrogen-bond donors (Lipinski definition) is 2. The van der Waals surface area contributed by atoms with Gasteiger partial charge in [0.25, 0.3) is 0 Å². The predicted molar refractivity (Wildman–Crippen MR) is 119 cm³/mol. The van der Waals surface area contributed by atoms with Crippen molar-refractivity contribution in [2.45, 2.75) is 19.9 Å². The molecule has 5 nitrogen and oxygen atoms in total. The molecule has 4 rings (SSSR count). The summed E-state index contributed by atoms with van der Waals surface area (Å²) >= 11 is 1.51. The molecule has 2 N–H and O–H groups in total. The van der Waals surface area contributed by atoms with Crippen LogP contribution in [0.3, 0.4) is 0 Å². The van der Waals surface area contributed by atoms with E-state index in [4.69, 9.17) is 5.11 Å². The fraction of sp³-hybridized carbons (Fsp3) is 0.125. The van der Waals surface area contributed by atoms with E-state index in [1.54, 1.807) is 18.2 Å². The molecular weight excluding hydrogens is 396 g/mol. The molecule has 0 saturated carbocycles. The number of aromatic nitrogens is 1. The number of hydrogen-bond acceptors (Lipinski definition) is 4. The monoisotopic (exact) mass is 416 g/mol. The number of carbonyl (C=O) groups is 2. The average molecular weight is 417 g/mol. The molecule has 3 aromatic carbocycles. The third-order valence-corrected chi connectivity index (χ3v) is 5.80. The standard InChI is InChI=1S/C24H20N2O3S/c1-15-4-2-6-17(10-15)18-8-9-21-20(12-18)26-23(30-21)13-22(27)25-14-16-5-3-7-19(11-16)24(28)29/h2-12H,13-14H2,1H3,(H,25,27)(H,28,29). The molecule has 1 aromatic heterocycles. The first-order valence-corrected chi connectivity index (χ1v) is 10.3. The second-order valence-electron chi connectivity index (χ2n) is 7.12. The number of carboxylic acid groups (broad SMARTS) is 1. The number of fused-ring (bicyclic) bond motifs is 1. The third kappa shape index (κ3) is 4.55. The van der Waals surface area contributed by atoms with Crippen LogP contribution in [0.4, 0.5) is 0 Å². The summed E-state index contributed by atoms with van der Waals surface area (Å²) in [7, 11) is 0. The summed E-state index contributed by atoms with van der Waals surface area (Å²) in [6.45, 7) is 2.35. The lowest BCUT2D eigenvalue weighted by atomic mass is 10.0. The molecule has 1 heterocycles. The van der Waals surface area contributed by atoms with Crippen LogP contribution in [-0.4, -0.2) is 22.0 Å². The van der Waals surface area contributed by atoms with Crippen LogP contribution in [0, 0.1) is 6.92 Å². The zero-order valence-electron chi connectivity index (χ0n) is 16.4. The minimum atomic E-state index is -0.984. The fourth-order valence-corrected chi connectivity index (χ4v) is 4.22. The van der Waals surface area contributed by atoms with Crippen LogP contribution >= 0.6 is 11.3 Å². The minimum absolute atomic E-state index is 0.145. The van der Waals surface area contributed by atoms with Gasteiger partial charge in [0.15, 0.2) is 0 Å². The van der Waals surface area contributed by atoms with E-state index in [1.807, 2.05) is 12.1 Å². The first-order valence-electron chi connectivity index (χ1n) is 9.53. The van der Waals surface area contributed by atoms with Gasteiger partial charge in [-0.3, -0.25) is 4.79 Å². The largest absolute Gasteiger partial charge is 0.478 e. The van der Waals surface area contributed by atoms with Crippen molar-refractivity contribution in [3.05, 3.63) is 88.4 Å². The van der Waals surface area contributed by atoms with Crippen molar-refractivity contribution in [1.82, 2.24) is 10.3 Å². The molecule has 0 aliphatic rings. The summed E-state index contributed by atoms with van der Waals surface area (Å²) in [6.07, 6.45) is 0.192. The number of carboxylic acids is 1. The number of nitrogens with one attached hydrogen (secondary N) is 1. The molecule has 0 aliphatic carbocycles. The molecule has 4 aromatic rings. The average Bonchev–Trinajstić information content (AvgIpc) is 3.13. The van der Waals surface area contributed by atoms with Crippen LogP contribution in [0.5, 0.6) is 0 Å². The maximum Gasteiger partial charge on any atom is 0.335 e. The van der Waals surface area contributed by atoms with Gasteiger partial charge in [0.1, 0.15) is 5.01 Å². The Morgan fingerprint density at radius 3 is 2.60 bits per heavy atom. The van der Waals surface area contributed by atoms with Crippen LogP contribution in [0.15, 0.2) is 66.7 Å². The number of amides is 1. The molecule has 0 aliphatic heterocycles. The van der Waals surface area contributed by atoms with E-state index >= 15 is 0 Å². The Bertz CT molecular complexity index is 1250. The molecule has 0 fully saturated rings. The van der Waals surface area contributed by atoms with Crippen molar-refractivity contribution < 1.29 is 14.7 Å². The molecule has 0 radical (unpaired) electrons. The Morgan fingerprint density at radius 2 is 1.80 bits per heavy atom. The van der Waals surface area contributed by atoms with E-state index in [9.17, 15) is 9.59 Å². The summed E-state index contributed by atoms with van der Waals surface area (Å²) in [5, 5.41) is 12.7. The van der Waals surface area contributed by atoms with Crippen molar-refractivity contribution in [3.63, 3.8) is 0 Å². The highest BCUT2D eigenvalue weighted by Gasteiger charge is 2.11. The van der Waals surface area contributed by atoms with Gasteiger partial charge in [-0.25, -0.2) is 9.78 Å². The lowest BCUT2D eigenvalue weighted by Crippen LogP contribution is -2.24. The molecule has 0 bridgehead atoms. The molecule has 0 spiro atoms. The minimum Gasteiger partial charge on any atom is -0.478 e. The van der Waals surface area contributed by atoms with E-state index < -0.39 is 5.97 Å². The van der Waals surface area contributed by atoms with Crippen molar-refractivity contribution >= 4 is 33.4 Å². The van der Waals surface area contributed by atoms with Gasteiger partial charge in [0, 0.05) is 6.54 Å². The first-order chi connectivity index (χ1) is 14.5. The normalized spacial score (nSPS) is 10.8. The quantitative estimate of drug-likeness (QED) is 0.472. The number of rotatable bonds is 6. The van der Waals surface area contributed by atoms with Crippen molar-refractivity contribution in [3.8, 4) is 11.1 Å². The van der Waals surface area contributed by atoms with E-state index in [2.05, 4.69) is 47.6 Å². The van der Waals surface area contributed by atoms with Gasteiger partial charge in [-0.15, -0.1) is 11.3 Å². The van der Waals surface area contributed by atoms with Gasteiger partial charge in [-0.2, -0.15) is 0 Å².